The molecule has 0 aliphatic carbocycles. The van der Waals surface area contributed by atoms with Crippen molar-refractivity contribution in [2.24, 2.45) is 5.41 Å². The summed E-state index contributed by atoms with van der Waals surface area (Å²) in [5.74, 6) is 0.724. The Morgan fingerprint density at radius 2 is 1.91 bits per heavy atom. The molecule has 3 aliphatic heterocycles. The van der Waals surface area contributed by atoms with Crippen LogP contribution >= 0.6 is 10.9 Å². The first-order valence-corrected chi connectivity index (χ1v) is 16.0. The summed E-state index contributed by atoms with van der Waals surface area (Å²) in [6.07, 6.45) is 3.87. The van der Waals surface area contributed by atoms with E-state index in [0.29, 0.717) is 40.6 Å². The van der Waals surface area contributed by atoms with Crippen molar-refractivity contribution in [1.82, 2.24) is 20.5 Å². The molecule has 0 spiro atoms. The SMILES string of the molecule is Cc1cc(Oc2ccccc2)ccc1[SH]1C(C(=O)NC2CCN(C(=O)/C(C#N)=C/C(C)(C)C)C2)=C2NC(=O)Nc3ccnc1c32. The molecule has 230 valence electrons. The zero-order chi connectivity index (χ0) is 31.9. The molecule has 3 N–H and O–H groups in total. The summed E-state index contributed by atoms with van der Waals surface area (Å²) in [4.78, 5) is 47.7. The molecule has 4 amide bonds. The maximum absolute atomic E-state index is 14.2. The van der Waals surface area contributed by atoms with Gasteiger partial charge in [0, 0.05) is 30.2 Å². The van der Waals surface area contributed by atoms with Gasteiger partial charge in [-0.1, -0.05) is 45.0 Å². The Labute approximate surface area is 264 Å². The number of thiol groups is 1. The van der Waals surface area contributed by atoms with E-state index in [1.54, 1.807) is 23.2 Å². The van der Waals surface area contributed by atoms with Gasteiger partial charge in [-0.25, -0.2) is 4.79 Å². The van der Waals surface area contributed by atoms with Crippen molar-refractivity contribution in [2.45, 2.75) is 50.1 Å². The average Bonchev–Trinajstić information content (AvgIpc) is 3.59. The third kappa shape index (κ3) is 6.01. The number of amides is 4. The van der Waals surface area contributed by atoms with Gasteiger partial charge in [-0.15, -0.1) is 10.9 Å². The van der Waals surface area contributed by atoms with Gasteiger partial charge < -0.3 is 25.6 Å². The Bertz CT molecular complexity index is 1820. The van der Waals surface area contributed by atoms with Crippen molar-refractivity contribution in [3.05, 3.63) is 88.5 Å². The van der Waals surface area contributed by atoms with Crippen LogP contribution in [0.2, 0.25) is 0 Å². The second kappa shape index (κ2) is 11.8. The number of para-hydroxylation sites is 1. The van der Waals surface area contributed by atoms with Crippen LogP contribution in [-0.4, -0.2) is 46.9 Å². The lowest BCUT2D eigenvalue weighted by Crippen LogP contribution is -2.40. The third-order valence-corrected chi connectivity index (χ3v) is 10.3. The van der Waals surface area contributed by atoms with Crippen LogP contribution in [0.3, 0.4) is 0 Å². The fourth-order valence-electron chi connectivity index (χ4n) is 5.77. The van der Waals surface area contributed by atoms with E-state index in [1.807, 2.05) is 82.3 Å². The summed E-state index contributed by atoms with van der Waals surface area (Å²) in [5.41, 5.74) is 2.46. The number of nitrogens with one attached hydrogen (secondary N) is 3. The number of carbonyl (C=O) groups excluding carboxylic acids is 3. The van der Waals surface area contributed by atoms with Crippen LogP contribution in [-0.2, 0) is 9.59 Å². The van der Waals surface area contributed by atoms with Crippen molar-refractivity contribution in [2.75, 3.05) is 18.4 Å². The van der Waals surface area contributed by atoms with E-state index in [-0.39, 0.29) is 35.4 Å². The number of rotatable bonds is 6. The number of hydrogen-bond acceptors (Lipinski definition) is 6. The van der Waals surface area contributed by atoms with E-state index in [9.17, 15) is 19.6 Å². The lowest BCUT2D eigenvalue weighted by molar-refractivity contribution is -0.126. The number of ether oxygens (including phenoxy) is 1. The standard InChI is InChI=1S/C34H34N6O4S/c1-20-16-24(44-23-8-6-5-7-9-23)10-11-26(20)45-29(28-27-25(38-33(43)39-28)12-14-36-31(27)45)30(41)37-22-13-15-40(19-22)32(42)21(18-35)17-34(2,3)4/h5-12,14,16-17,22,45H,13,15,19H2,1-4H3,(H,37,41)(H2,38,39,43)/b21-17+. The highest BCUT2D eigenvalue weighted by Crippen LogP contribution is 2.61. The molecule has 3 aliphatic rings. The molecule has 2 aromatic carbocycles. The van der Waals surface area contributed by atoms with Gasteiger partial charge in [-0.05, 0) is 60.7 Å². The third-order valence-electron chi connectivity index (χ3n) is 7.68. The number of benzene rings is 2. The predicted octanol–water partition coefficient (Wildman–Crippen LogP) is 5.63. The summed E-state index contributed by atoms with van der Waals surface area (Å²) in [6, 6.07) is 18.3. The first-order chi connectivity index (χ1) is 21.5. The maximum atomic E-state index is 14.2. The second-order valence-electron chi connectivity index (χ2n) is 12.3. The molecule has 10 nitrogen and oxygen atoms in total. The molecular formula is C34H34N6O4S. The highest BCUT2D eigenvalue weighted by molar-refractivity contribution is 8.21. The summed E-state index contributed by atoms with van der Waals surface area (Å²) in [5, 5.41) is 19.2. The van der Waals surface area contributed by atoms with Gasteiger partial charge in [-0.3, -0.25) is 14.6 Å². The predicted molar refractivity (Wildman–Crippen MR) is 173 cm³/mol. The van der Waals surface area contributed by atoms with Crippen LogP contribution < -0.4 is 20.7 Å². The zero-order valence-electron chi connectivity index (χ0n) is 25.5. The van der Waals surface area contributed by atoms with Crippen LogP contribution in [0, 0.1) is 23.7 Å². The smallest absolute Gasteiger partial charge is 0.323 e. The topological polar surface area (TPSA) is 136 Å². The highest BCUT2D eigenvalue weighted by Gasteiger charge is 2.41. The minimum Gasteiger partial charge on any atom is -0.457 e. The maximum Gasteiger partial charge on any atom is 0.323 e. The van der Waals surface area contributed by atoms with Gasteiger partial charge in [-0.2, -0.15) is 5.26 Å². The van der Waals surface area contributed by atoms with Crippen molar-refractivity contribution in [3.8, 4) is 17.6 Å². The molecule has 3 aromatic rings. The molecule has 11 heteroatoms. The fraction of sp³-hybridized carbons (Fsp3) is 0.265. The minimum absolute atomic E-state index is 0.0976. The number of anilines is 1. The Balaban J connectivity index is 1.30. The fourth-order valence-corrected chi connectivity index (χ4v) is 8.39. The van der Waals surface area contributed by atoms with E-state index in [1.165, 1.54) is 0 Å². The summed E-state index contributed by atoms with van der Waals surface area (Å²) >= 11 is 0. The minimum atomic E-state index is -1.45. The molecule has 0 saturated carbocycles. The van der Waals surface area contributed by atoms with Gasteiger partial charge in [0.05, 0.1) is 26.9 Å². The number of nitriles is 1. The number of aromatic nitrogens is 1. The van der Waals surface area contributed by atoms with Crippen LogP contribution in [0.1, 0.15) is 38.3 Å². The first kappa shape index (κ1) is 30.0. The van der Waals surface area contributed by atoms with Crippen molar-refractivity contribution < 1.29 is 19.1 Å². The Hall–Kier alpha value is -5.08. The number of likely N-dealkylation sites (tertiary alicyclic amines) is 1. The molecule has 0 radical (unpaired) electrons. The normalized spacial score (nSPS) is 19.8. The second-order valence-corrected chi connectivity index (χ2v) is 14.3. The summed E-state index contributed by atoms with van der Waals surface area (Å²) < 4.78 is 6.05. The van der Waals surface area contributed by atoms with E-state index in [4.69, 9.17) is 9.72 Å². The summed E-state index contributed by atoms with van der Waals surface area (Å²) in [7, 11) is -1.45. The lowest BCUT2D eigenvalue weighted by Gasteiger charge is -2.24. The van der Waals surface area contributed by atoms with Gasteiger partial charge in [0.15, 0.2) is 0 Å². The highest BCUT2D eigenvalue weighted by atomic mass is 32.2. The molecular weight excluding hydrogens is 588 g/mol. The van der Waals surface area contributed by atoms with E-state index >= 15 is 0 Å². The molecule has 1 aromatic heterocycles. The number of carbonyl (C=O) groups is 3. The molecule has 4 heterocycles. The quantitative estimate of drug-likeness (QED) is 0.160. The van der Waals surface area contributed by atoms with Crippen LogP contribution in [0.25, 0.3) is 5.70 Å². The lowest BCUT2D eigenvalue weighted by atomic mass is 9.93. The average molecular weight is 623 g/mol. The number of nitrogens with zero attached hydrogens (tertiary/aromatic N) is 3. The van der Waals surface area contributed by atoms with Gasteiger partial charge in [0.1, 0.15) is 23.1 Å². The number of urea groups is 1. The zero-order valence-corrected chi connectivity index (χ0v) is 26.4. The largest absolute Gasteiger partial charge is 0.457 e. The number of hydrogen-bond donors (Lipinski definition) is 4. The van der Waals surface area contributed by atoms with E-state index in [2.05, 4.69) is 16.0 Å². The van der Waals surface area contributed by atoms with Crippen molar-refractivity contribution in [1.29, 1.82) is 5.26 Å². The van der Waals surface area contributed by atoms with Gasteiger partial charge in [0.25, 0.3) is 11.8 Å². The molecule has 0 bridgehead atoms. The molecule has 1 fully saturated rings. The molecule has 45 heavy (non-hydrogen) atoms. The molecule has 2 unspecified atom stereocenters. The Kier molecular flexibility index (Phi) is 7.85. The van der Waals surface area contributed by atoms with E-state index in [0.717, 1.165) is 21.2 Å². The van der Waals surface area contributed by atoms with Crippen molar-refractivity contribution >= 4 is 40.1 Å². The van der Waals surface area contributed by atoms with Crippen LogP contribution in [0.15, 0.2) is 87.3 Å². The van der Waals surface area contributed by atoms with Crippen LogP contribution in [0.5, 0.6) is 11.5 Å². The summed E-state index contributed by atoms with van der Waals surface area (Å²) in [6.45, 7) is 8.47. The Morgan fingerprint density at radius 1 is 1.13 bits per heavy atom. The number of aryl methyl sites for hydroxylation is 1. The van der Waals surface area contributed by atoms with E-state index < -0.39 is 16.9 Å². The number of allylic oxidation sites excluding steroid dienone is 1. The first-order valence-electron chi connectivity index (χ1n) is 14.7. The molecule has 2 atom stereocenters. The monoisotopic (exact) mass is 622 g/mol. The van der Waals surface area contributed by atoms with Gasteiger partial charge in [0.2, 0.25) is 0 Å². The molecule has 6 rings (SSSR count). The van der Waals surface area contributed by atoms with Gasteiger partial charge >= 0.3 is 6.03 Å². The Morgan fingerprint density at radius 3 is 2.62 bits per heavy atom. The van der Waals surface area contributed by atoms with Crippen LogP contribution in [0.4, 0.5) is 10.5 Å². The number of pyridine rings is 1. The molecule has 1 saturated heterocycles. The van der Waals surface area contributed by atoms with Crippen molar-refractivity contribution in [3.63, 3.8) is 0 Å².